The molecule has 0 saturated carbocycles. The Bertz CT molecular complexity index is 1220. The Morgan fingerprint density at radius 2 is 1.69 bits per heavy atom. The molecular weight excluding hydrogens is 403 g/mol. The zero-order valence-electron chi connectivity index (χ0n) is 15.9. The number of benzene rings is 3. The number of hydrogen-bond acceptors (Lipinski definition) is 4. The molecular formula is C23H18Cl2N4. The third kappa shape index (κ3) is 4.24. The van der Waals surface area contributed by atoms with Gasteiger partial charge in [-0.05, 0) is 49.7 Å². The zero-order chi connectivity index (χ0) is 20.4. The van der Waals surface area contributed by atoms with Crippen LogP contribution in [0.25, 0.3) is 22.3 Å². The lowest BCUT2D eigenvalue weighted by Gasteiger charge is -2.10. The Morgan fingerprint density at radius 1 is 0.931 bits per heavy atom. The number of para-hydroxylation sites is 1. The van der Waals surface area contributed by atoms with Crippen LogP contribution in [0.5, 0.6) is 0 Å². The normalized spacial score (nSPS) is 11.7. The van der Waals surface area contributed by atoms with Crippen LogP contribution in [-0.2, 0) is 0 Å². The van der Waals surface area contributed by atoms with Gasteiger partial charge in [0.2, 0.25) is 0 Å². The number of hydrazone groups is 1. The van der Waals surface area contributed by atoms with Crippen LogP contribution >= 0.6 is 23.2 Å². The number of rotatable bonds is 4. The first-order valence-electron chi connectivity index (χ1n) is 9.11. The molecule has 1 aromatic heterocycles. The quantitative estimate of drug-likeness (QED) is 0.293. The number of halogens is 2. The van der Waals surface area contributed by atoms with Crippen LogP contribution in [-0.4, -0.2) is 15.7 Å². The Labute approximate surface area is 179 Å². The van der Waals surface area contributed by atoms with E-state index in [-0.39, 0.29) is 0 Å². The number of aryl methyl sites for hydroxylation is 1. The van der Waals surface area contributed by atoms with Gasteiger partial charge in [0.25, 0.3) is 0 Å². The van der Waals surface area contributed by atoms with Gasteiger partial charge in [-0.15, -0.1) is 0 Å². The van der Waals surface area contributed by atoms with E-state index in [1.54, 1.807) is 12.1 Å². The zero-order valence-corrected chi connectivity index (χ0v) is 17.5. The van der Waals surface area contributed by atoms with E-state index in [2.05, 4.69) is 39.6 Å². The van der Waals surface area contributed by atoms with Crippen molar-refractivity contribution in [2.45, 2.75) is 13.8 Å². The molecule has 1 N–H and O–H groups in total. The summed E-state index contributed by atoms with van der Waals surface area (Å²) in [7, 11) is 0. The van der Waals surface area contributed by atoms with Gasteiger partial charge in [-0.3, -0.25) is 5.43 Å². The van der Waals surface area contributed by atoms with E-state index in [1.807, 2.05) is 49.4 Å². The molecule has 1 heterocycles. The molecule has 0 amide bonds. The molecule has 0 aliphatic rings. The van der Waals surface area contributed by atoms with E-state index in [0.29, 0.717) is 27.3 Å². The van der Waals surface area contributed by atoms with Crippen molar-refractivity contribution in [2.75, 3.05) is 5.43 Å². The van der Waals surface area contributed by atoms with Gasteiger partial charge in [0.05, 0.1) is 16.3 Å². The van der Waals surface area contributed by atoms with Gasteiger partial charge in [0.1, 0.15) is 0 Å². The predicted molar refractivity (Wildman–Crippen MR) is 122 cm³/mol. The molecule has 4 rings (SSSR count). The van der Waals surface area contributed by atoms with Gasteiger partial charge in [0, 0.05) is 16.0 Å². The summed E-state index contributed by atoms with van der Waals surface area (Å²) in [6.07, 6.45) is 0. The Hall–Kier alpha value is -2.95. The Balaban J connectivity index is 1.76. The Kier molecular flexibility index (Phi) is 5.47. The third-order valence-electron chi connectivity index (χ3n) is 4.57. The van der Waals surface area contributed by atoms with Crippen molar-refractivity contribution in [3.63, 3.8) is 0 Å². The minimum atomic E-state index is 0.498. The van der Waals surface area contributed by atoms with Gasteiger partial charge in [-0.25, -0.2) is 9.97 Å². The van der Waals surface area contributed by atoms with Gasteiger partial charge in [-0.1, -0.05) is 65.2 Å². The maximum Gasteiger partial charge on any atom is 0.163 e. The average Bonchev–Trinajstić information content (AvgIpc) is 2.72. The minimum absolute atomic E-state index is 0.498. The maximum atomic E-state index is 6.38. The first-order valence-corrected chi connectivity index (χ1v) is 9.86. The van der Waals surface area contributed by atoms with Gasteiger partial charge in [0.15, 0.2) is 11.6 Å². The molecule has 0 unspecified atom stereocenters. The van der Waals surface area contributed by atoms with Gasteiger partial charge in [-0.2, -0.15) is 5.10 Å². The van der Waals surface area contributed by atoms with E-state index in [1.165, 1.54) is 5.56 Å². The number of aromatic nitrogens is 2. The van der Waals surface area contributed by atoms with E-state index < -0.39 is 0 Å². The highest BCUT2D eigenvalue weighted by molar-refractivity contribution is 6.36. The van der Waals surface area contributed by atoms with E-state index in [9.17, 15) is 0 Å². The number of nitrogens with zero attached hydrogens (tertiary/aromatic N) is 3. The average molecular weight is 421 g/mol. The van der Waals surface area contributed by atoms with Gasteiger partial charge >= 0.3 is 0 Å². The summed E-state index contributed by atoms with van der Waals surface area (Å²) in [5.41, 5.74) is 7.73. The van der Waals surface area contributed by atoms with Crippen molar-refractivity contribution in [2.24, 2.45) is 5.10 Å². The molecule has 0 fully saturated rings. The molecule has 3 aromatic carbocycles. The summed E-state index contributed by atoms with van der Waals surface area (Å²) in [6.45, 7) is 4.02. The van der Waals surface area contributed by atoms with E-state index >= 15 is 0 Å². The van der Waals surface area contributed by atoms with Crippen molar-refractivity contribution >= 4 is 45.6 Å². The van der Waals surface area contributed by atoms with Crippen molar-refractivity contribution in [1.29, 1.82) is 0 Å². The lowest BCUT2D eigenvalue weighted by atomic mass is 10.1. The highest BCUT2D eigenvalue weighted by Gasteiger charge is 2.12. The Morgan fingerprint density at radius 3 is 2.45 bits per heavy atom. The first-order chi connectivity index (χ1) is 14.0. The second-order valence-electron chi connectivity index (χ2n) is 6.71. The molecule has 0 saturated heterocycles. The van der Waals surface area contributed by atoms with Crippen LogP contribution in [0.1, 0.15) is 18.1 Å². The fraction of sp³-hybridized carbons (Fsp3) is 0.0870. The highest BCUT2D eigenvalue weighted by atomic mass is 35.5. The van der Waals surface area contributed by atoms with Crippen LogP contribution in [0.4, 0.5) is 5.82 Å². The van der Waals surface area contributed by atoms with Crippen LogP contribution in [0.3, 0.4) is 0 Å². The third-order valence-corrected chi connectivity index (χ3v) is 5.12. The molecule has 0 bridgehead atoms. The number of nitrogens with one attached hydrogen (secondary N) is 1. The molecule has 6 heteroatoms. The second-order valence-corrected chi connectivity index (χ2v) is 7.56. The van der Waals surface area contributed by atoms with Crippen LogP contribution in [0, 0.1) is 6.92 Å². The molecule has 29 heavy (non-hydrogen) atoms. The summed E-state index contributed by atoms with van der Waals surface area (Å²) < 4.78 is 0. The SMILES string of the molecule is C/C(=N/Nc1nc(-c2ccc(Cl)cc2Cl)nc2ccccc12)c1ccc(C)cc1. The molecule has 0 spiro atoms. The van der Waals surface area contributed by atoms with Crippen molar-refractivity contribution in [3.8, 4) is 11.4 Å². The monoisotopic (exact) mass is 420 g/mol. The van der Waals surface area contributed by atoms with Crippen LogP contribution < -0.4 is 5.43 Å². The number of fused-ring (bicyclic) bond motifs is 1. The molecule has 144 valence electrons. The minimum Gasteiger partial charge on any atom is -0.260 e. The second kappa shape index (κ2) is 8.19. The number of hydrogen-bond donors (Lipinski definition) is 1. The number of anilines is 1. The van der Waals surface area contributed by atoms with Crippen LogP contribution in [0.15, 0.2) is 71.8 Å². The van der Waals surface area contributed by atoms with Gasteiger partial charge < -0.3 is 0 Å². The fourth-order valence-corrected chi connectivity index (χ4v) is 3.44. The lowest BCUT2D eigenvalue weighted by Crippen LogP contribution is -2.03. The van der Waals surface area contributed by atoms with Crippen molar-refractivity contribution < 1.29 is 0 Å². The summed E-state index contributed by atoms with van der Waals surface area (Å²) in [6, 6.07) is 21.3. The first kappa shape index (κ1) is 19.4. The standard InChI is InChI=1S/C23H18Cl2N4/c1-14-7-9-16(10-8-14)15(2)28-29-23-19-5-3-4-6-21(19)26-22(27-23)18-12-11-17(24)13-20(18)25/h3-13H,1-2H3,(H,26,27,29)/b28-15-. The van der Waals surface area contributed by atoms with E-state index in [4.69, 9.17) is 23.2 Å². The highest BCUT2D eigenvalue weighted by Crippen LogP contribution is 2.31. The summed E-state index contributed by atoms with van der Waals surface area (Å²) in [5.74, 6) is 1.12. The van der Waals surface area contributed by atoms with Crippen LogP contribution in [0.2, 0.25) is 10.0 Å². The van der Waals surface area contributed by atoms with E-state index in [0.717, 1.165) is 22.2 Å². The summed E-state index contributed by atoms with van der Waals surface area (Å²) in [5, 5.41) is 6.48. The lowest BCUT2D eigenvalue weighted by molar-refractivity contribution is 1.18. The summed E-state index contributed by atoms with van der Waals surface area (Å²) >= 11 is 12.4. The van der Waals surface area contributed by atoms with Crippen molar-refractivity contribution in [1.82, 2.24) is 9.97 Å². The molecule has 0 aliphatic carbocycles. The predicted octanol–water partition coefficient (Wildman–Crippen LogP) is 6.75. The fourth-order valence-electron chi connectivity index (χ4n) is 2.95. The summed E-state index contributed by atoms with van der Waals surface area (Å²) in [4.78, 5) is 9.35. The molecule has 0 aliphatic heterocycles. The maximum absolute atomic E-state index is 6.38. The topological polar surface area (TPSA) is 50.2 Å². The molecule has 4 nitrogen and oxygen atoms in total. The molecule has 4 aromatic rings. The smallest absolute Gasteiger partial charge is 0.163 e. The largest absolute Gasteiger partial charge is 0.260 e. The molecule has 0 atom stereocenters. The van der Waals surface area contributed by atoms with Crippen molar-refractivity contribution in [3.05, 3.63) is 87.9 Å². The molecule has 0 radical (unpaired) electrons.